The number of primary amides is 1. The van der Waals surface area contributed by atoms with Crippen LogP contribution in [0.1, 0.15) is 47.2 Å². The number of fused-ring (bicyclic) bond motifs is 2. The molecule has 4 N–H and O–H groups in total. The van der Waals surface area contributed by atoms with Gasteiger partial charge in [-0.25, -0.2) is 8.78 Å². The van der Waals surface area contributed by atoms with Crippen LogP contribution in [-0.2, 0) is 12.0 Å². The zero-order valence-electron chi connectivity index (χ0n) is 22.2. The number of hydrogen-bond donors (Lipinski definition) is 3. The van der Waals surface area contributed by atoms with Crippen molar-refractivity contribution in [2.45, 2.75) is 43.7 Å². The highest BCUT2D eigenvalue weighted by molar-refractivity contribution is 6.34. The molecule has 41 heavy (non-hydrogen) atoms. The molecule has 0 spiro atoms. The summed E-state index contributed by atoms with van der Waals surface area (Å²) in [6.45, 7) is 1.03. The SMILES string of the molecule is N#CC1CCC(NC[C@@]2(c3ccccc3)Cc3c(cc(F)c(Cl)c3-c3c(C(N)=O)cc4c(c3F)OCCN4)O2)CC1. The fourth-order valence-corrected chi connectivity index (χ4v) is 6.48. The molecule has 1 saturated carbocycles. The molecule has 0 radical (unpaired) electrons. The molecule has 1 atom stereocenters. The van der Waals surface area contributed by atoms with Crippen LogP contribution in [0, 0.1) is 28.9 Å². The van der Waals surface area contributed by atoms with E-state index in [9.17, 15) is 10.1 Å². The molecule has 1 amide bonds. The van der Waals surface area contributed by atoms with Crippen molar-refractivity contribution >= 4 is 23.2 Å². The standard InChI is InChI=1S/C31H29ClF2N4O3/c32-27-22(33)13-24-21(25(27)26-20(30(36)39)12-23-29(28(26)34)40-11-10-37-23)14-31(41-24,18-4-2-1-3-5-18)16-38-19-8-6-17(15-35)7-9-19/h1-5,12-13,17,19,37-38H,6-11,14,16H2,(H2,36,39)/t17?,19?,31-/m1/s1. The number of carbonyl (C=O) groups excluding carboxylic acids is 1. The van der Waals surface area contributed by atoms with Gasteiger partial charge in [-0.3, -0.25) is 4.79 Å². The Bertz CT molecular complexity index is 1550. The first-order chi connectivity index (χ1) is 19.8. The largest absolute Gasteiger partial charge is 0.486 e. The van der Waals surface area contributed by atoms with Crippen LogP contribution in [0.15, 0.2) is 42.5 Å². The molecule has 1 aliphatic carbocycles. The van der Waals surface area contributed by atoms with Gasteiger partial charge in [-0.2, -0.15) is 5.26 Å². The van der Waals surface area contributed by atoms with Crippen molar-refractivity contribution < 1.29 is 23.0 Å². The van der Waals surface area contributed by atoms with Crippen molar-refractivity contribution in [3.05, 3.63) is 75.8 Å². The van der Waals surface area contributed by atoms with Gasteiger partial charge in [-0.1, -0.05) is 41.9 Å². The number of nitrogens with two attached hydrogens (primary N) is 1. The number of amides is 1. The fraction of sp³-hybridized carbons (Fsp3) is 0.355. The average Bonchev–Trinajstić information content (AvgIpc) is 3.37. The Labute approximate surface area is 241 Å². The summed E-state index contributed by atoms with van der Waals surface area (Å²) in [4.78, 5) is 12.6. The maximum Gasteiger partial charge on any atom is 0.249 e. The summed E-state index contributed by atoms with van der Waals surface area (Å²) in [6, 6.07) is 14.7. The van der Waals surface area contributed by atoms with Gasteiger partial charge in [0.25, 0.3) is 0 Å². The lowest BCUT2D eigenvalue weighted by molar-refractivity contribution is 0.0849. The number of ether oxygens (including phenoxy) is 2. The topological polar surface area (TPSA) is 109 Å². The highest BCUT2D eigenvalue weighted by Crippen LogP contribution is 2.51. The molecule has 0 unspecified atom stereocenters. The Hall–Kier alpha value is -3.87. The van der Waals surface area contributed by atoms with Gasteiger partial charge < -0.3 is 25.8 Å². The Morgan fingerprint density at radius 3 is 2.63 bits per heavy atom. The lowest BCUT2D eigenvalue weighted by Crippen LogP contribution is -2.46. The van der Waals surface area contributed by atoms with E-state index in [0.29, 0.717) is 24.3 Å². The molecule has 3 aromatic rings. The van der Waals surface area contributed by atoms with E-state index in [4.69, 9.17) is 26.8 Å². The number of carbonyl (C=O) groups is 1. The van der Waals surface area contributed by atoms with Gasteiger partial charge in [0.1, 0.15) is 18.2 Å². The molecule has 212 valence electrons. The van der Waals surface area contributed by atoms with E-state index in [1.54, 1.807) is 0 Å². The molecule has 7 nitrogen and oxygen atoms in total. The molecule has 0 aromatic heterocycles. The first-order valence-corrected chi connectivity index (χ1v) is 14.1. The first-order valence-electron chi connectivity index (χ1n) is 13.7. The van der Waals surface area contributed by atoms with Crippen molar-refractivity contribution in [1.82, 2.24) is 5.32 Å². The maximum atomic E-state index is 16.2. The molecule has 2 heterocycles. The van der Waals surface area contributed by atoms with E-state index in [0.717, 1.165) is 31.2 Å². The lowest BCUT2D eigenvalue weighted by atomic mass is 9.83. The highest BCUT2D eigenvalue weighted by atomic mass is 35.5. The summed E-state index contributed by atoms with van der Waals surface area (Å²) >= 11 is 6.56. The minimum absolute atomic E-state index is 0.0253. The third-order valence-electron chi connectivity index (χ3n) is 8.34. The Morgan fingerprint density at radius 1 is 1.17 bits per heavy atom. The highest BCUT2D eigenvalue weighted by Gasteiger charge is 2.45. The van der Waals surface area contributed by atoms with Crippen LogP contribution in [0.25, 0.3) is 11.1 Å². The van der Waals surface area contributed by atoms with Crippen LogP contribution in [0.4, 0.5) is 14.5 Å². The normalized spacial score (nSPS) is 22.9. The second-order valence-electron chi connectivity index (χ2n) is 10.9. The summed E-state index contributed by atoms with van der Waals surface area (Å²) < 4.78 is 43.7. The van der Waals surface area contributed by atoms with E-state index < -0.39 is 23.1 Å². The Balaban J connectivity index is 1.45. The summed E-state index contributed by atoms with van der Waals surface area (Å²) in [5, 5.41) is 15.6. The van der Waals surface area contributed by atoms with E-state index in [-0.39, 0.29) is 58.2 Å². The van der Waals surface area contributed by atoms with Crippen LogP contribution in [-0.4, -0.2) is 31.6 Å². The number of halogens is 3. The van der Waals surface area contributed by atoms with E-state index >= 15 is 8.78 Å². The number of nitrogens with one attached hydrogen (secondary N) is 2. The van der Waals surface area contributed by atoms with E-state index in [2.05, 4.69) is 16.7 Å². The van der Waals surface area contributed by atoms with Crippen molar-refractivity contribution in [3.63, 3.8) is 0 Å². The van der Waals surface area contributed by atoms with Crippen molar-refractivity contribution in [2.75, 3.05) is 25.0 Å². The van der Waals surface area contributed by atoms with Gasteiger partial charge in [0.05, 0.1) is 22.3 Å². The molecule has 2 aliphatic heterocycles. The number of nitrogens with zero attached hydrogens (tertiary/aromatic N) is 1. The molecular formula is C31H29ClF2N4O3. The predicted octanol–water partition coefficient (Wildman–Crippen LogP) is 5.69. The number of anilines is 1. The third-order valence-corrected chi connectivity index (χ3v) is 8.71. The molecule has 1 fully saturated rings. The minimum Gasteiger partial charge on any atom is -0.486 e. The Kier molecular flexibility index (Phi) is 7.22. The number of benzene rings is 3. The van der Waals surface area contributed by atoms with Crippen LogP contribution in [0.3, 0.4) is 0 Å². The van der Waals surface area contributed by atoms with Crippen molar-refractivity contribution in [1.29, 1.82) is 5.26 Å². The molecular weight excluding hydrogens is 550 g/mol. The quantitative estimate of drug-likeness (QED) is 0.347. The second-order valence-corrected chi connectivity index (χ2v) is 11.2. The van der Waals surface area contributed by atoms with Crippen LogP contribution < -0.4 is 25.8 Å². The third kappa shape index (κ3) is 4.85. The van der Waals surface area contributed by atoms with Crippen molar-refractivity contribution in [3.8, 4) is 28.7 Å². The Morgan fingerprint density at radius 2 is 1.93 bits per heavy atom. The van der Waals surface area contributed by atoms with Crippen LogP contribution in [0.2, 0.25) is 5.02 Å². The van der Waals surface area contributed by atoms with Crippen molar-refractivity contribution in [2.24, 2.45) is 11.7 Å². The lowest BCUT2D eigenvalue weighted by Gasteiger charge is -2.33. The van der Waals surface area contributed by atoms with Crippen LogP contribution >= 0.6 is 11.6 Å². The molecule has 3 aromatic carbocycles. The fourth-order valence-electron chi connectivity index (χ4n) is 6.22. The summed E-state index contributed by atoms with van der Waals surface area (Å²) in [5.74, 6) is -2.33. The van der Waals surface area contributed by atoms with Gasteiger partial charge in [0.15, 0.2) is 17.2 Å². The summed E-state index contributed by atoms with van der Waals surface area (Å²) in [6.07, 6.45) is 3.60. The van der Waals surface area contributed by atoms with Gasteiger partial charge in [-0.05, 0) is 37.3 Å². The zero-order valence-corrected chi connectivity index (χ0v) is 23.0. The number of hydrogen-bond acceptors (Lipinski definition) is 6. The van der Waals surface area contributed by atoms with Crippen LogP contribution in [0.5, 0.6) is 11.5 Å². The second kappa shape index (κ2) is 10.8. The van der Waals surface area contributed by atoms with Gasteiger partial charge in [-0.15, -0.1) is 0 Å². The van der Waals surface area contributed by atoms with Gasteiger partial charge in [0, 0.05) is 54.2 Å². The number of rotatable bonds is 6. The monoisotopic (exact) mass is 578 g/mol. The molecule has 10 heteroatoms. The first kappa shape index (κ1) is 27.3. The summed E-state index contributed by atoms with van der Waals surface area (Å²) in [5.41, 5.74) is 6.04. The minimum atomic E-state index is -0.961. The zero-order chi connectivity index (χ0) is 28.7. The predicted molar refractivity (Wildman–Crippen MR) is 151 cm³/mol. The van der Waals surface area contributed by atoms with E-state index in [1.807, 2.05) is 30.3 Å². The maximum absolute atomic E-state index is 16.2. The summed E-state index contributed by atoms with van der Waals surface area (Å²) in [7, 11) is 0. The average molecular weight is 579 g/mol. The number of nitriles is 1. The molecule has 3 aliphatic rings. The smallest absolute Gasteiger partial charge is 0.249 e. The van der Waals surface area contributed by atoms with Gasteiger partial charge in [0.2, 0.25) is 5.91 Å². The van der Waals surface area contributed by atoms with Gasteiger partial charge >= 0.3 is 0 Å². The molecule has 0 saturated heterocycles. The molecule has 0 bridgehead atoms. The van der Waals surface area contributed by atoms with E-state index in [1.165, 1.54) is 12.1 Å². The molecule has 6 rings (SSSR count).